The van der Waals surface area contributed by atoms with Gasteiger partial charge in [-0.2, -0.15) is 0 Å². The van der Waals surface area contributed by atoms with E-state index < -0.39 is 0 Å². The van der Waals surface area contributed by atoms with Crippen molar-refractivity contribution in [1.82, 2.24) is 10.2 Å². The summed E-state index contributed by atoms with van der Waals surface area (Å²) >= 11 is 0. The average Bonchev–Trinajstić information content (AvgIpc) is 2.48. The molecule has 0 aromatic heterocycles. The van der Waals surface area contributed by atoms with E-state index in [4.69, 9.17) is 15.2 Å². The van der Waals surface area contributed by atoms with Crippen molar-refractivity contribution < 1.29 is 14.3 Å². The Labute approximate surface area is 120 Å². The lowest BCUT2D eigenvalue weighted by molar-refractivity contribution is -0.157. The summed E-state index contributed by atoms with van der Waals surface area (Å²) in [6.45, 7) is 4.84. The molecule has 6 nitrogen and oxygen atoms in total. The van der Waals surface area contributed by atoms with Gasteiger partial charge in [0.1, 0.15) is 6.04 Å². The van der Waals surface area contributed by atoms with Crippen LogP contribution in [0, 0.1) is 0 Å². The molecule has 0 aromatic carbocycles. The summed E-state index contributed by atoms with van der Waals surface area (Å²) in [7, 11) is 0. The number of nitrogens with zero attached hydrogens (tertiary/aromatic N) is 1. The van der Waals surface area contributed by atoms with Crippen LogP contribution in [-0.4, -0.2) is 67.9 Å². The summed E-state index contributed by atoms with van der Waals surface area (Å²) in [4.78, 5) is 14.0. The second-order valence-corrected chi connectivity index (χ2v) is 6.15. The van der Waals surface area contributed by atoms with E-state index in [0.29, 0.717) is 12.6 Å². The lowest BCUT2D eigenvalue weighted by Crippen LogP contribution is -2.62. The van der Waals surface area contributed by atoms with E-state index in [9.17, 15) is 4.79 Å². The van der Waals surface area contributed by atoms with Crippen LogP contribution in [0.15, 0.2) is 0 Å². The average molecular weight is 283 g/mol. The molecule has 0 bridgehead atoms. The SMILES string of the molecule is NC(=O)C1CNCCN1C1CCOC2(CCOCC2)C1. The van der Waals surface area contributed by atoms with Crippen molar-refractivity contribution >= 4 is 5.91 Å². The molecule has 3 N–H and O–H groups in total. The number of ether oxygens (including phenoxy) is 2. The highest BCUT2D eigenvalue weighted by Gasteiger charge is 2.43. The van der Waals surface area contributed by atoms with Crippen LogP contribution in [0.3, 0.4) is 0 Å². The first-order valence-corrected chi connectivity index (χ1v) is 7.68. The Morgan fingerprint density at radius 2 is 2.10 bits per heavy atom. The molecule has 3 aliphatic heterocycles. The largest absolute Gasteiger partial charge is 0.381 e. The minimum atomic E-state index is -0.218. The molecule has 3 fully saturated rings. The molecule has 3 aliphatic rings. The van der Waals surface area contributed by atoms with Crippen molar-refractivity contribution in [3.8, 4) is 0 Å². The van der Waals surface area contributed by atoms with Gasteiger partial charge in [-0.25, -0.2) is 0 Å². The Kier molecular flexibility index (Phi) is 4.26. The van der Waals surface area contributed by atoms with Gasteiger partial charge in [0, 0.05) is 45.5 Å². The van der Waals surface area contributed by atoms with Gasteiger partial charge in [-0.3, -0.25) is 9.69 Å². The van der Waals surface area contributed by atoms with Crippen LogP contribution >= 0.6 is 0 Å². The first kappa shape index (κ1) is 14.3. The quantitative estimate of drug-likeness (QED) is 0.713. The smallest absolute Gasteiger partial charge is 0.236 e. The Morgan fingerprint density at radius 3 is 2.85 bits per heavy atom. The maximum Gasteiger partial charge on any atom is 0.236 e. The van der Waals surface area contributed by atoms with Crippen LogP contribution in [0.5, 0.6) is 0 Å². The number of rotatable bonds is 2. The topological polar surface area (TPSA) is 76.8 Å². The molecular formula is C14H25N3O3. The second-order valence-electron chi connectivity index (χ2n) is 6.15. The van der Waals surface area contributed by atoms with Crippen molar-refractivity contribution in [3.63, 3.8) is 0 Å². The number of carbonyl (C=O) groups is 1. The minimum Gasteiger partial charge on any atom is -0.381 e. The monoisotopic (exact) mass is 283 g/mol. The zero-order valence-corrected chi connectivity index (χ0v) is 12.0. The summed E-state index contributed by atoms with van der Waals surface area (Å²) in [6.07, 6.45) is 3.93. The van der Waals surface area contributed by atoms with Gasteiger partial charge in [0.25, 0.3) is 0 Å². The maximum absolute atomic E-state index is 11.7. The van der Waals surface area contributed by atoms with Crippen LogP contribution in [0.2, 0.25) is 0 Å². The number of primary amides is 1. The number of nitrogens with two attached hydrogens (primary N) is 1. The molecule has 0 aliphatic carbocycles. The molecule has 3 heterocycles. The van der Waals surface area contributed by atoms with Crippen LogP contribution in [0.4, 0.5) is 0 Å². The summed E-state index contributed by atoms with van der Waals surface area (Å²) in [5, 5.41) is 3.26. The van der Waals surface area contributed by atoms with E-state index in [2.05, 4.69) is 10.2 Å². The van der Waals surface area contributed by atoms with E-state index in [-0.39, 0.29) is 17.6 Å². The third kappa shape index (κ3) is 2.83. The van der Waals surface area contributed by atoms with Gasteiger partial charge in [0.15, 0.2) is 0 Å². The summed E-state index contributed by atoms with van der Waals surface area (Å²) in [5.41, 5.74) is 5.53. The standard InChI is InChI=1S/C14H25N3O3/c15-13(18)12-10-16-4-5-17(12)11-1-6-20-14(9-11)2-7-19-8-3-14/h11-12,16H,1-10H2,(H2,15,18). The normalized spacial score (nSPS) is 35.0. The number of amides is 1. The van der Waals surface area contributed by atoms with E-state index in [1.165, 1.54) is 0 Å². The number of nitrogens with one attached hydrogen (secondary N) is 1. The van der Waals surface area contributed by atoms with Gasteiger partial charge in [-0.05, 0) is 25.7 Å². The molecule has 3 saturated heterocycles. The van der Waals surface area contributed by atoms with Crippen LogP contribution < -0.4 is 11.1 Å². The number of hydrogen-bond acceptors (Lipinski definition) is 5. The van der Waals surface area contributed by atoms with E-state index >= 15 is 0 Å². The van der Waals surface area contributed by atoms with Gasteiger partial charge in [-0.1, -0.05) is 0 Å². The van der Waals surface area contributed by atoms with Gasteiger partial charge in [-0.15, -0.1) is 0 Å². The highest BCUT2D eigenvalue weighted by Crippen LogP contribution is 2.36. The molecule has 2 atom stereocenters. The Hall–Kier alpha value is -0.690. The Bertz CT molecular complexity index is 352. The predicted molar refractivity (Wildman–Crippen MR) is 74.3 cm³/mol. The Morgan fingerprint density at radius 1 is 1.30 bits per heavy atom. The van der Waals surface area contributed by atoms with Gasteiger partial charge < -0.3 is 20.5 Å². The number of carbonyl (C=O) groups excluding carboxylic acids is 1. The molecule has 0 aromatic rings. The molecular weight excluding hydrogens is 258 g/mol. The number of piperazine rings is 1. The van der Waals surface area contributed by atoms with E-state index in [1.54, 1.807) is 0 Å². The van der Waals surface area contributed by atoms with Crippen molar-refractivity contribution in [3.05, 3.63) is 0 Å². The highest BCUT2D eigenvalue weighted by atomic mass is 16.5. The molecule has 1 amide bonds. The fourth-order valence-electron chi connectivity index (χ4n) is 3.80. The fraction of sp³-hybridized carbons (Fsp3) is 0.929. The molecule has 0 saturated carbocycles. The van der Waals surface area contributed by atoms with Gasteiger partial charge in [0.2, 0.25) is 5.91 Å². The lowest BCUT2D eigenvalue weighted by atomic mass is 9.83. The summed E-state index contributed by atoms with van der Waals surface area (Å²) in [5.74, 6) is -0.218. The first-order chi connectivity index (χ1) is 9.70. The van der Waals surface area contributed by atoms with Crippen molar-refractivity contribution in [2.75, 3.05) is 39.5 Å². The zero-order valence-electron chi connectivity index (χ0n) is 12.0. The molecule has 6 heteroatoms. The molecule has 3 rings (SSSR count). The zero-order chi connectivity index (χ0) is 14.0. The Balaban J connectivity index is 1.70. The van der Waals surface area contributed by atoms with Crippen molar-refractivity contribution in [2.45, 2.75) is 43.4 Å². The molecule has 20 heavy (non-hydrogen) atoms. The summed E-state index contributed by atoms with van der Waals surface area (Å²) in [6, 6.07) is 0.227. The van der Waals surface area contributed by atoms with Crippen LogP contribution in [0.25, 0.3) is 0 Å². The number of hydrogen-bond donors (Lipinski definition) is 2. The van der Waals surface area contributed by atoms with Crippen molar-refractivity contribution in [2.24, 2.45) is 5.73 Å². The third-order valence-corrected chi connectivity index (χ3v) is 4.95. The molecule has 0 radical (unpaired) electrons. The van der Waals surface area contributed by atoms with Gasteiger partial charge in [0.05, 0.1) is 5.60 Å². The first-order valence-electron chi connectivity index (χ1n) is 7.68. The second kappa shape index (κ2) is 5.97. The molecule has 114 valence electrons. The molecule has 1 spiro atoms. The van der Waals surface area contributed by atoms with Gasteiger partial charge >= 0.3 is 0 Å². The molecule has 2 unspecified atom stereocenters. The lowest BCUT2D eigenvalue weighted by Gasteiger charge is -2.48. The predicted octanol–water partition coefficient (Wildman–Crippen LogP) is -0.526. The van der Waals surface area contributed by atoms with Crippen molar-refractivity contribution in [1.29, 1.82) is 0 Å². The fourth-order valence-corrected chi connectivity index (χ4v) is 3.80. The van der Waals surface area contributed by atoms with Crippen LogP contribution in [-0.2, 0) is 14.3 Å². The van der Waals surface area contributed by atoms with E-state index in [1.807, 2.05) is 0 Å². The van der Waals surface area contributed by atoms with Crippen LogP contribution in [0.1, 0.15) is 25.7 Å². The van der Waals surface area contributed by atoms with E-state index in [0.717, 1.165) is 58.6 Å². The third-order valence-electron chi connectivity index (χ3n) is 4.95. The maximum atomic E-state index is 11.7. The summed E-state index contributed by atoms with van der Waals surface area (Å²) < 4.78 is 11.5. The highest BCUT2D eigenvalue weighted by molar-refractivity contribution is 5.80. The minimum absolute atomic E-state index is 0.0335.